The Bertz CT molecular complexity index is 94.6. The molecule has 2 aliphatic rings. The summed E-state index contributed by atoms with van der Waals surface area (Å²) in [4.78, 5) is 0. The topological polar surface area (TPSA) is 0 Å². The highest BCUT2D eigenvalue weighted by Gasteiger charge is 2.34. The van der Waals surface area contributed by atoms with Gasteiger partial charge in [-0.25, -0.2) is 0 Å². The van der Waals surface area contributed by atoms with E-state index >= 15 is 0 Å². The smallest absolute Gasteiger partial charge is 0.0383 e. The molecular weight excluding hydrogens is 108 g/mol. The van der Waals surface area contributed by atoms with E-state index in [0.717, 1.165) is 17.8 Å². The Kier molecular flexibility index (Phi) is 1.28. The van der Waals surface area contributed by atoms with Crippen LogP contribution in [0.25, 0.3) is 0 Å². The van der Waals surface area contributed by atoms with Crippen molar-refractivity contribution in [1.29, 1.82) is 0 Å². The molecule has 3 atom stereocenters. The van der Waals surface area contributed by atoms with Crippen LogP contribution >= 0.6 is 0 Å². The summed E-state index contributed by atoms with van der Waals surface area (Å²) in [6.45, 7) is 2.42. The maximum absolute atomic E-state index is 2.42. The summed E-state index contributed by atoms with van der Waals surface area (Å²) in [7, 11) is 0. The van der Waals surface area contributed by atoms with Gasteiger partial charge in [-0.1, -0.05) is 26.2 Å². The van der Waals surface area contributed by atoms with Gasteiger partial charge in [0.05, 0.1) is 0 Å². The Hall–Kier alpha value is 0. The molecule has 0 heteroatoms. The molecule has 0 aliphatic heterocycles. The molecule has 2 aliphatic carbocycles. The van der Waals surface area contributed by atoms with Gasteiger partial charge in [0.2, 0.25) is 0 Å². The van der Waals surface area contributed by atoms with Crippen LogP contribution < -0.4 is 0 Å². The minimum Gasteiger partial charge on any atom is -0.0625 e. The van der Waals surface area contributed by atoms with Crippen LogP contribution in [0, 0.1) is 17.8 Å². The number of hydrogen-bond acceptors (Lipinski definition) is 0. The van der Waals surface area contributed by atoms with Crippen LogP contribution in [0.2, 0.25) is 0 Å². The van der Waals surface area contributed by atoms with Gasteiger partial charge in [0, 0.05) is 0 Å². The van der Waals surface area contributed by atoms with Crippen molar-refractivity contribution in [1.82, 2.24) is 0 Å². The lowest BCUT2D eigenvalue weighted by molar-refractivity contribution is 0.457. The fourth-order valence-electron chi connectivity index (χ4n) is 2.86. The molecule has 52 valence electrons. The second-order valence-corrected chi connectivity index (χ2v) is 4.03. The average Bonchev–Trinajstić information content (AvgIpc) is 2.22. The standard InChI is InChI=1S/C9H16/c1-7-5-8-3-2-4-9(8)6-7/h7-9H,2-6H2,1H3/t7?,8-,9+. The quantitative estimate of drug-likeness (QED) is 0.466. The van der Waals surface area contributed by atoms with Crippen LogP contribution in [0.15, 0.2) is 0 Å². The number of hydrogen-bond donors (Lipinski definition) is 0. The van der Waals surface area contributed by atoms with E-state index in [1.165, 1.54) is 6.42 Å². The molecule has 0 saturated heterocycles. The summed E-state index contributed by atoms with van der Waals surface area (Å²) < 4.78 is 0. The van der Waals surface area contributed by atoms with Gasteiger partial charge in [-0.3, -0.25) is 0 Å². The lowest BCUT2D eigenvalue weighted by Crippen LogP contribution is -1.95. The molecule has 0 aromatic rings. The van der Waals surface area contributed by atoms with Crippen molar-refractivity contribution in [2.75, 3.05) is 0 Å². The van der Waals surface area contributed by atoms with Crippen molar-refractivity contribution in [2.45, 2.75) is 39.0 Å². The lowest BCUT2D eigenvalue weighted by Gasteiger charge is -2.04. The van der Waals surface area contributed by atoms with Crippen LogP contribution in [0.5, 0.6) is 0 Å². The van der Waals surface area contributed by atoms with Gasteiger partial charge >= 0.3 is 0 Å². The third-order valence-corrected chi connectivity index (χ3v) is 3.23. The Morgan fingerprint density at radius 2 is 1.56 bits per heavy atom. The summed E-state index contributed by atoms with van der Waals surface area (Å²) in [5, 5.41) is 0. The minimum absolute atomic E-state index is 1.06. The monoisotopic (exact) mass is 124 g/mol. The third kappa shape index (κ3) is 0.889. The van der Waals surface area contributed by atoms with Crippen LogP contribution in [0.1, 0.15) is 39.0 Å². The van der Waals surface area contributed by atoms with E-state index < -0.39 is 0 Å². The van der Waals surface area contributed by atoms with E-state index in [0.29, 0.717) is 0 Å². The number of fused-ring (bicyclic) bond motifs is 1. The first kappa shape index (κ1) is 5.76. The van der Waals surface area contributed by atoms with E-state index in [-0.39, 0.29) is 0 Å². The molecule has 0 radical (unpaired) electrons. The summed E-state index contributed by atoms with van der Waals surface area (Å²) in [5.74, 6) is 3.36. The molecule has 0 amide bonds. The molecule has 0 aromatic carbocycles. The lowest BCUT2D eigenvalue weighted by atomic mass is 10.0. The molecule has 2 fully saturated rings. The van der Waals surface area contributed by atoms with Crippen molar-refractivity contribution in [2.24, 2.45) is 17.8 Å². The van der Waals surface area contributed by atoms with Crippen molar-refractivity contribution in [3.63, 3.8) is 0 Å². The van der Waals surface area contributed by atoms with Gasteiger partial charge < -0.3 is 0 Å². The minimum atomic E-state index is 1.06. The molecule has 1 unspecified atom stereocenters. The normalized spacial score (nSPS) is 49.7. The molecule has 0 heterocycles. The van der Waals surface area contributed by atoms with E-state index in [4.69, 9.17) is 0 Å². The molecule has 0 aromatic heterocycles. The highest BCUT2D eigenvalue weighted by Crippen LogP contribution is 2.46. The third-order valence-electron chi connectivity index (χ3n) is 3.23. The van der Waals surface area contributed by atoms with Gasteiger partial charge in [0.25, 0.3) is 0 Å². The van der Waals surface area contributed by atoms with Crippen molar-refractivity contribution in [3.8, 4) is 0 Å². The molecular formula is C9H16. The van der Waals surface area contributed by atoms with Crippen molar-refractivity contribution >= 4 is 0 Å². The Balaban J connectivity index is 2.02. The molecule has 2 saturated carbocycles. The van der Waals surface area contributed by atoms with Crippen molar-refractivity contribution in [3.05, 3.63) is 0 Å². The molecule has 0 bridgehead atoms. The zero-order valence-corrected chi connectivity index (χ0v) is 6.27. The number of rotatable bonds is 0. The summed E-state index contributed by atoms with van der Waals surface area (Å²) in [6, 6.07) is 0. The molecule has 0 N–H and O–H groups in total. The van der Waals surface area contributed by atoms with Crippen LogP contribution in [-0.4, -0.2) is 0 Å². The second kappa shape index (κ2) is 2.00. The van der Waals surface area contributed by atoms with Crippen LogP contribution in [0.3, 0.4) is 0 Å². The SMILES string of the molecule is CC1C[C@H]2CCC[C@H]2C1. The van der Waals surface area contributed by atoms with Gasteiger partial charge in [-0.2, -0.15) is 0 Å². The maximum Gasteiger partial charge on any atom is -0.0383 e. The fraction of sp³-hybridized carbons (Fsp3) is 1.00. The van der Waals surface area contributed by atoms with E-state index in [9.17, 15) is 0 Å². The maximum atomic E-state index is 2.42. The molecule has 0 spiro atoms. The molecule has 2 rings (SSSR count). The average molecular weight is 124 g/mol. The van der Waals surface area contributed by atoms with E-state index in [1.54, 1.807) is 25.7 Å². The zero-order valence-electron chi connectivity index (χ0n) is 6.27. The van der Waals surface area contributed by atoms with Crippen LogP contribution in [-0.2, 0) is 0 Å². The largest absolute Gasteiger partial charge is 0.0625 e. The highest BCUT2D eigenvalue weighted by molar-refractivity contribution is 4.85. The van der Waals surface area contributed by atoms with Gasteiger partial charge in [-0.15, -0.1) is 0 Å². The van der Waals surface area contributed by atoms with Crippen LogP contribution in [0.4, 0.5) is 0 Å². The van der Waals surface area contributed by atoms with E-state index in [2.05, 4.69) is 6.92 Å². The van der Waals surface area contributed by atoms with Gasteiger partial charge in [-0.05, 0) is 30.6 Å². The highest BCUT2D eigenvalue weighted by atomic mass is 14.4. The van der Waals surface area contributed by atoms with Crippen molar-refractivity contribution < 1.29 is 0 Å². The summed E-state index contributed by atoms with van der Waals surface area (Å²) >= 11 is 0. The Morgan fingerprint density at radius 1 is 1.00 bits per heavy atom. The Labute approximate surface area is 57.6 Å². The summed E-state index contributed by atoms with van der Waals surface area (Å²) in [5.41, 5.74) is 0. The predicted octanol–water partition coefficient (Wildman–Crippen LogP) is 2.83. The first-order valence-electron chi connectivity index (χ1n) is 4.36. The Morgan fingerprint density at radius 3 is 2.11 bits per heavy atom. The van der Waals surface area contributed by atoms with E-state index in [1.807, 2.05) is 0 Å². The summed E-state index contributed by atoms with van der Waals surface area (Å²) in [6.07, 6.45) is 7.72. The second-order valence-electron chi connectivity index (χ2n) is 4.03. The van der Waals surface area contributed by atoms with Gasteiger partial charge in [0.1, 0.15) is 0 Å². The molecule has 0 nitrogen and oxygen atoms in total. The fourth-order valence-corrected chi connectivity index (χ4v) is 2.86. The first-order valence-corrected chi connectivity index (χ1v) is 4.36. The van der Waals surface area contributed by atoms with Gasteiger partial charge in [0.15, 0.2) is 0 Å². The molecule has 9 heavy (non-hydrogen) atoms. The predicted molar refractivity (Wildman–Crippen MR) is 39.2 cm³/mol. The zero-order chi connectivity index (χ0) is 6.27. The first-order chi connectivity index (χ1) is 4.36.